The van der Waals surface area contributed by atoms with Crippen LogP contribution in [0.1, 0.15) is 26.7 Å². The molecule has 1 saturated heterocycles. The van der Waals surface area contributed by atoms with Gasteiger partial charge < -0.3 is 20.1 Å². The quantitative estimate of drug-likeness (QED) is 0.818. The molecule has 2 heterocycles. The van der Waals surface area contributed by atoms with E-state index in [0.717, 1.165) is 32.6 Å². The zero-order chi connectivity index (χ0) is 14.4. The van der Waals surface area contributed by atoms with Crippen LogP contribution in [0.2, 0.25) is 0 Å². The van der Waals surface area contributed by atoms with Gasteiger partial charge in [0, 0.05) is 26.8 Å². The minimum atomic E-state index is 0.0328. The lowest BCUT2D eigenvalue weighted by molar-refractivity contribution is 0.0699. The van der Waals surface area contributed by atoms with Crippen molar-refractivity contribution in [2.24, 2.45) is 5.92 Å². The van der Waals surface area contributed by atoms with Crippen molar-refractivity contribution in [3.63, 3.8) is 0 Å². The Balaban J connectivity index is 1.98. The lowest BCUT2D eigenvalue weighted by atomic mass is 10.0. The van der Waals surface area contributed by atoms with E-state index >= 15 is 0 Å². The average molecular weight is 281 g/mol. The molecular weight excluding hydrogens is 258 g/mol. The van der Waals surface area contributed by atoms with E-state index in [0.29, 0.717) is 23.8 Å². The molecule has 1 aromatic rings. The summed E-state index contributed by atoms with van der Waals surface area (Å²) in [4.78, 5) is 12.7. The summed E-state index contributed by atoms with van der Waals surface area (Å²) in [6.45, 7) is 6.41. The highest BCUT2D eigenvalue weighted by Gasteiger charge is 2.15. The first-order valence-electron chi connectivity index (χ1n) is 7.09. The van der Waals surface area contributed by atoms with E-state index in [1.54, 1.807) is 7.05 Å². The van der Waals surface area contributed by atoms with Crippen molar-refractivity contribution in [3.05, 3.63) is 0 Å². The van der Waals surface area contributed by atoms with Gasteiger partial charge in [-0.25, -0.2) is 0 Å². The van der Waals surface area contributed by atoms with Gasteiger partial charge in [0.25, 0.3) is 0 Å². The Labute approximate surface area is 119 Å². The van der Waals surface area contributed by atoms with E-state index in [2.05, 4.69) is 25.6 Å². The van der Waals surface area contributed by atoms with Crippen LogP contribution in [0.3, 0.4) is 0 Å². The number of hydrogen-bond acceptors (Lipinski definition) is 7. The minimum absolute atomic E-state index is 0.0328. The third-order valence-electron chi connectivity index (χ3n) is 3.07. The molecule has 7 nitrogen and oxygen atoms in total. The average Bonchev–Trinajstić information content (AvgIpc) is 2.45. The topological polar surface area (TPSA) is 81.2 Å². The van der Waals surface area contributed by atoms with Gasteiger partial charge in [-0.3, -0.25) is 0 Å². The van der Waals surface area contributed by atoms with Crippen LogP contribution < -0.4 is 15.4 Å². The van der Waals surface area contributed by atoms with Gasteiger partial charge in [0.15, 0.2) is 0 Å². The lowest BCUT2D eigenvalue weighted by Crippen LogP contribution is -2.23. The van der Waals surface area contributed by atoms with Gasteiger partial charge in [-0.15, -0.1) is 0 Å². The number of rotatable bonds is 6. The monoisotopic (exact) mass is 281 g/mol. The largest absolute Gasteiger partial charge is 0.461 e. The Morgan fingerprint density at radius 2 is 1.90 bits per heavy atom. The highest BCUT2D eigenvalue weighted by molar-refractivity contribution is 5.35. The third kappa shape index (κ3) is 4.48. The van der Waals surface area contributed by atoms with Gasteiger partial charge in [-0.05, 0) is 32.6 Å². The first kappa shape index (κ1) is 14.8. The van der Waals surface area contributed by atoms with Crippen molar-refractivity contribution in [3.8, 4) is 6.01 Å². The molecule has 0 spiro atoms. The molecule has 2 N–H and O–H groups in total. The number of hydrogen-bond donors (Lipinski definition) is 2. The number of ether oxygens (including phenoxy) is 2. The third-order valence-corrected chi connectivity index (χ3v) is 3.07. The van der Waals surface area contributed by atoms with Gasteiger partial charge in [-0.2, -0.15) is 15.0 Å². The molecule has 0 amide bonds. The second-order valence-electron chi connectivity index (χ2n) is 5.12. The molecule has 0 unspecified atom stereocenters. The number of anilines is 2. The molecule has 1 aromatic heterocycles. The summed E-state index contributed by atoms with van der Waals surface area (Å²) >= 11 is 0. The van der Waals surface area contributed by atoms with Crippen LogP contribution in [-0.2, 0) is 4.74 Å². The Kier molecular flexibility index (Phi) is 5.34. The molecule has 20 heavy (non-hydrogen) atoms. The maximum absolute atomic E-state index is 5.53. The normalized spacial score (nSPS) is 16.2. The van der Waals surface area contributed by atoms with Crippen molar-refractivity contribution in [2.75, 3.05) is 37.4 Å². The molecule has 0 bridgehead atoms. The van der Waals surface area contributed by atoms with Crippen molar-refractivity contribution < 1.29 is 9.47 Å². The maximum Gasteiger partial charge on any atom is 0.323 e. The molecule has 7 heteroatoms. The van der Waals surface area contributed by atoms with E-state index in [-0.39, 0.29) is 6.10 Å². The van der Waals surface area contributed by atoms with E-state index < -0.39 is 0 Å². The van der Waals surface area contributed by atoms with Gasteiger partial charge in [0.2, 0.25) is 11.9 Å². The summed E-state index contributed by atoms with van der Waals surface area (Å²) in [5, 5.41) is 6.18. The highest BCUT2D eigenvalue weighted by atomic mass is 16.5. The molecule has 1 fully saturated rings. The fraction of sp³-hybridized carbons (Fsp3) is 0.769. The summed E-state index contributed by atoms with van der Waals surface area (Å²) in [6, 6.07) is 0.342. The number of nitrogens with one attached hydrogen (secondary N) is 2. The summed E-state index contributed by atoms with van der Waals surface area (Å²) in [5.74, 6) is 1.66. The van der Waals surface area contributed by atoms with Crippen LogP contribution in [0.5, 0.6) is 6.01 Å². The highest BCUT2D eigenvalue weighted by Crippen LogP contribution is 2.16. The van der Waals surface area contributed by atoms with Crippen molar-refractivity contribution >= 4 is 11.9 Å². The van der Waals surface area contributed by atoms with Crippen LogP contribution in [-0.4, -0.2) is 47.9 Å². The fourth-order valence-electron chi connectivity index (χ4n) is 2.00. The summed E-state index contributed by atoms with van der Waals surface area (Å²) in [7, 11) is 1.77. The Morgan fingerprint density at radius 3 is 2.55 bits per heavy atom. The second kappa shape index (κ2) is 7.23. The second-order valence-corrected chi connectivity index (χ2v) is 5.12. The fourth-order valence-corrected chi connectivity index (χ4v) is 2.00. The lowest BCUT2D eigenvalue weighted by Gasteiger charge is -2.22. The van der Waals surface area contributed by atoms with E-state index in [9.17, 15) is 0 Å². The van der Waals surface area contributed by atoms with Gasteiger partial charge in [-0.1, -0.05) is 0 Å². The van der Waals surface area contributed by atoms with E-state index in [4.69, 9.17) is 9.47 Å². The first-order chi connectivity index (χ1) is 9.67. The molecule has 2 rings (SSSR count). The molecule has 0 radical (unpaired) electrons. The summed E-state index contributed by atoms with van der Waals surface area (Å²) in [6.07, 6.45) is 2.18. The van der Waals surface area contributed by atoms with Crippen LogP contribution >= 0.6 is 0 Å². The molecule has 0 aliphatic carbocycles. The molecule has 1 aliphatic rings. The predicted octanol–water partition coefficient (Wildman–Crippen LogP) is 1.54. The zero-order valence-electron chi connectivity index (χ0n) is 12.3. The molecule has 112 valence electrons. The predicted molar refractivity (Wildman–Crippen MR) is 77.2 cm³/mol. The van der Waals surface area contributed by atoms with Gasteiger partial charge in [0.1, 0.15) is 0 Å². The van der Waals surface area contributed by atoms with Crippen LogP contribution in [0.4, 0.5) is 11.9 Å². The molecule has 0 atom stereocenters. The van der Waals surface area contributed by atoms with Crippen LogP contribution in [0.25, 0.3) is 0 Å². The van der Waals surface area contributed by atoms with Crippen LogP contribution in [0.15, 0.2) is 0 Å². The van der Waals surface area contributed by atoms with Crippen molar-refractivity contribution in [2.45, 2.75) is 32.8 Å². The maximum atomic E-state index is 5.53. The molecular formula is C13H23N5O2. The number of nitrogens with zero attached hydrogens (tertiary/aromatic N) is 3. The van der Waals surface area contributed by atoms with E-state index in [1.165, 1.54) is 0 Å². The standard InChI is InChI=1S/C13H23N5O2/c1-9(2)20-13-17-11(14-3)16-12(18-13)15-8-10-4-6-19-7-5-10/h9-10H,4-8H2,1-3H3,(H2,14,15,16,17,18). The van der Waals surface area contributed by atoms with Crippen molar-refractivity contribution in [1.29, 1.82) is 0 Å². The summed E-state index contributed by atoms with van der Waals surface area (Å²) in [5.41, 5.74) is 0. The SMILES string of the molecule is CNc1nc(NCC2CCOCC2)nc(OC(C)C)n1. The Hall–Kier alpha value is -1.63. The summed E-state index contributed by atoms with van der Waals surface area (Å²) < 4.78 is 10.9. The van der Waals surface area contributed by atoms with Crippen molar-refractivity contribution in [1.82, 2.24) is 15.0 Å². The molecule has 1 aliphatic heterocycles. The van der Waals surface area contributed by atoms with Crippen LogP contribution in [0, 0.1) is 5.92 Å². The minimum Gasteiger partial charge on any atom is -0.461 e. The van der Waals surface area contributed by atoms with E-state index in [1.807, 2.05) is 13.8 Å². The Bertz CT molecular complexity index is 421. The zero-order valence-corrected chi connectivity index (χ0v) is 12.3. The first-order valence-corrected chi connectivity index (χ1v) is 7.09. The molecule has 0 aromatic carbocycles. The smallest absolute Gasteiger partial charge is 0.323 e. The number of aromatic nitrogens is 3. The van der Waals surface area contributed by atoms with Gasteiger partial charge >= 0.3 is 6.01 Å². The molecule has 0 saturated carbocycles. The van der Waals surface area contributed by atoms with Gasteiger partial charge in [0.05, 0.1) is 6.10 Å². The Morgan fingerprint density at radius 1 is 1.20 bits per heavy atom.